The largest absolute Gasteiger partial charge is 0.300 e. The molecule has 0 N–H and O–H groups in total. The summed E-state index contributed by atoms with van der Waals surface area (Å²) >= 11 is 0. The lowest BCUT2D eigenvalue weighted by Gasteiger charge is -2.32. The topological polar surface area (TPSA) is 51.2 Å². The first-order valence-corrected chi connectivity index (χ1v) is 17.4. The molecule has 0 aliphatic heterocycles. The van der Waals surface area contributed by atoms with Crippen LogP contribution >= 0.6 is 0 Å². The maximum absolute atomic E-state index is 13.6. The van der Waals surface area contributed by atoms with Crippen LogP contribution in [0.4, 0.5) is 0 Å². The summed E-state index contributed by atoms with van der Waals surface area (Å²) < 4.78 is 0. The molecule has 242 valence electrons. The molecule has 1 aliphatic rings. The summed E-state index contributed by atoms with van der Waals surface area (Å²) in [5.41, 5.74) is 9.49. The summed E-state index contributed by atoms with van der Waals surface area (Å²) in [4.78, 5) is 38.2. The normalized spacial score (nSPS) is 15.4. The van der Waals surface area contributed by atoms with Crippen LogP contribution in [0.15, 0.2) is 60.7 Å². The monoisotopic (exact) mass is 608 g/mol. The highest BCUT2D eigenvalue weighted by atomic mass is 16.1. The van der Waals surface area contributed by atoms with Crippen molar-refractivity contribution in [2.24, 2.45) is 17.8 Å². The minimum atomic E-state index is -0.110. The highest BCUT2D eigenvalue weighted by Gasteiger charge is 2.34. The molecule has 3 heteroatoms. The van der Waals surface area contributed by atoms with Crippen LogP contribution in [0.25, 0.3) is 11.1 Å². The first-order chi connectivity index (χ1) is 21.6. The number of hydrogen-bond donors (Lipinski definition) is 0. The lowest BCUT2D eigenvalue weighted by molar-refractivity contribution is -0.129. The van der Waals surface area contributed by atoms with Crippen molar-refractivity contribution in [3.63, 3.8) is 0 Å². The Morgan fingerprint density at radius 1 is 0.867 bits per heavy atom. The van der Waals surface area contributed by atoms with Crippen LogP contribution < -0.4 is 0 Å². The molecular weight excluding hydrogens is 552 g/mol. The zero-order valence-electron chi connectivity index (χ0n) is 29.0. The number of carbonyl (C=O) groups is 3. The number of benzene rings is 3. The maximum Gasteiger partial charge on any atom is 0.163 e. The van der Waals surface area contributed by atoms with Gasteiger partial charge in [0.15, 0.2) is 5.78 Å². The molecule has 0 radical (unpaired) electrons. The van der Waals surface area contributed by atoms with E-state index in [9.17, 15) is 14.4 Å². The van der Waals surface area contributed by atoms with Gasteiger partial charge in [0.1, 0.15) is 11.6 Å². The number of aryl methyl sites for hydroxylation is 4. The molecule has 3 atom stereocenters. The smallest absolute Gasteiger partial charge is 0.163 e. The molecule has 1 aliphatic carbocycles. The fourth-order valence-electron chi connectivity index (χ4n) is 7.23. The van der Waals surface area contributed by atoms with Crippen molar-refractivity contribution in [2.75, 3.05) is 0 Å². The Morgan fingerprint density at radius 3 is 2.18 bits per heavy atom. The van der Waals surface area contributed by atoms with Gasteiger partial charge in [-0.3, -0.25) is 14.4 Å². The SMILES string of the molecule is CCC.CCCC(CC1CC(=O)c2c(C)ccc(-c3ccc(CCCc4cccc(C)c4)cc3)c2C1)C(CC)C(=O)CC(C)=O. The summed E-state index contributed by atoms with van der Waals surface area (Å²) in [5.74, 6) is 0.544. The van der Waals surface area contributed by atoms with Crippen molar-refractivity contribution in [1.29, 1.82) is 0 Å². The van der Waals surface area contributed by atoms with Gasteiger partial charge in [-0.05, 0) is 105 Å². The predicted molar refractivity (Wildman–Crippen MR) is 189 cm³/mol. The van der Waals surface area contributed by atoms with Crippen LogP contribution in [0.2, 0.25) is 0 Å². The highest BCUT2D eigenvalue weighted by Crippen LogP contribution is 2.40. The molecule has 3 nitrogen and oxygen atoms in total. The Bertz CT molecular complexity index is 1410. The van der Waals surface area contributed by atoms with E-state index in [1.54, 1.807) is 0 Å². The van der Waals surface area contributed by atoms with Gasteiger partial charge < -0.3 is 0 Å². The van der Waals surface area contributed by atoms with Gasteiger partial charge in [-0.2, -0.15) is 0 Å². The second kappa shape index (κ2) is 18.0. The standard InChI is InChI=1S/C39H48O3.C3H8/c1-6-10-33(34(7-2)37(41)22-28(5)40)23-31-24-36-35(20-15-27(4)39(36)38(42)25-31)32-18-16-29(17-19-32)12-9-14-30-13-8-11-26(3)21-30;1-3-2/h8,11,13,15-21,31,33-34H,6-7,9-10,12,14,22-25H2,1-5H3;3H2,1-2H3. The van der Waals surface area contributed by atoms with E-state index >= 15 is 0 Å². The van der Waals surface area contributed by atoms with E-state index < -0.39 is 0 Å². The molecule has 45 heavy (non-hydrogen) atoms. The van der Waals surface area contributed by atoms with Gasteiger partial charge in [-0.25, -0.2) is 0 Å². The van der Waals surface area contributed by atoms with Crippen LogP contribution in [0.5, 0.6) is 0 Å². The molecule has 0 aromatic heterocycles. The Morgan fingerprint density at radius 2 is 1.56 bits per heavy atom. The quantitative estimate of drug-likeness (QED) is 0.171. The Hall–Kier alpha value is -3.33. The summed E-state index contributed by atoms with van der Waals surface area (Å²) in [5, 5.41) is 0. The number of Topliss-reactive ketones (excluding diaryl/α,β-unsaturated/α-hetero) is 3. The van der Waals surface area contributed by atoms with E-state index in [2.05, 4.69) is 95.3 Å². The Balaban J connectivity index is 0.00000177. The molecule has 0 heterocycles. The molecule has 0 fully saturated rings. The lowest BCUT2D eigenvalue weighted by Crippen LogP contribution is -2.30. The number of ketones is 3. The van der Waals surface area contributed by atoms with Crippen LogP contribution in [0, 0.1) is 31.6 Å². The van der Waals surface area contributed by atoms with Crippen LogP contribution in [0.3, 0.4) is 0 Å². The van der Waals surface area contributed by atoms with Crippen LogP contribution in [0.1, 0.15) is 124 Å². The van der Waals surface area contributed by atoms with E-state index in [1.807, 2.05) is 6.92 Å². The molecule has 3 unspecified atom stereocenters. The number of rotatable bonds is 14. The number of hydrogen-bond acceptors (Lipinski definition) is 3. The first-order valence-electron chi connectivity index (χ1n) is 17.4. The third kappa shape index (κ3) is 10.3. The van der Waals surface area contributed by atoms with E-state index in [4.69, 9.17) is 0 Å². The van der Waals surface area contributed by atoms with Crippen molar-refractivity contribution in [2.45, 2.75) is 119 Å². The Kier molecular flexibility index (Phi) is 14.4. The summed E-state index contributed by atoms with van der Waals surface area (Å²) in [7, 11) is 0. The van der Waals surface area contributed by atoms with Crippen molar-refractivity contribution >= 4 is 17.3 Å². The molecule has 4 rings (SSSR count). The predicted octanol–water partition coefficient (Wildman–Crippen LogP) is 10.7. The summed E-state index contributed by atoms with van der Waals surface area (Å²) in [6, 6.07) is 22.0. The lowest BCUT2D eigenvalue weighted by atomic mass is 9.71. The van der Waals surface area contributed by atoms with Crippen molar-refractivity contribution < 1.29 is 14.4 Å². The van der Waals surface area contributed by atoms with Gasteiger partial charge in [0.25, 0.3) is 0 Å². The summed E-state index contributed by atoms with van der Waals surface area (Å²) in [6.45, 7) is 14.2. The minimum absolute atomic E-state index is 0.0242. The first kappa shape index (κ1) is 36.1. The summed E-state index contributed by atoms with van der Waals surface area (Å²) in [6.07, 6.45) is 9.45. The van der Waals surface area contributed by atoms with Gasteiger partial charge in [-0.15, -0.1) is 0 Å². The molecule has 0 amide bonds. The molecule has 0 saturated heterocycles. The number of fused-ring (bicyclic) bond motifs is 1. The maximum atomic E-state index is 13.6. The molecule has 3 aromatic carbocycles. The highest BCUT2D eigenvalue weighted by molar-refractivity contribution is 6.02. The Labute approximate surface area is 273 Å². The van der Waals surface area contributed by atoms with Gasteiger partial charge >= 0.3 is 0 Å². The molecular formula is C42H56O3. The third-order valence-corrected chi connectivity index (χ3v) is 9.19. The molecule has 0 spiro atoms. The van der Waals surface area contributed by atoms with E-state index in [1.165, 1.54) is 35.6 Å². The number of carbonyl (C=O) groups excluding carboxylic acids is 3. The van der Waals surface area contributed by atoms with Crippen molar-refractivity contribution in [3.8, 4) is 11.1 Å². The molecule has 0 saturated carbocycles. The second-order valence-electron chi connectivity index (χ2n) is 13.4. The average Bonchev–Trinajstić information content (AvgIpc) is 2.98. The zero-order valence-corrected chi connectivity index (χ0v) is 29.0. The van der Waals surface area contributed by atoms with Gasteiger partial charge in [0, 0.05) is 17.9 Å². The third-order valence-electron chi connectivity index (χ3n) is 9.19. The van der Waals surface area contributed by atoms with Crippen LogP contribution in [-0.2, 0) is 28.9 Å². The van der Waals surface area contributed by atoms with E-state index in [0.717, 1.165) is 73.6 Å². The zero-order chi connectivity index (χ0) is 32.9. The van der Waals surface area contributed by atoms with Crippen LogP contribution in [-0.4, -0.2) is 17.3 Å². The van der Waals surface area contributed by atoms with E-state index in [-0.39, 0.29) is 41.5 Å². The van der Waals surface area contributed by atoms with Gasteiger partial charge in [-0.1, -0.05) is 113 Å². The van der Waals surface area contributed by atoms with E-state index in [0.29, 0.717) is 6.42 Å². The molecule has 0 bridgehead atoms. The van der Waals surface area contributed by atoms with Crippen molar-refractivity contribution in [3.05, 3.63) is 94.0 Å². The minimum Gasteiger partial charge on any atom is -0.300 e. The van der Waals surface area contributed by atoms with Gasteiger partial charge in [0.2, 0.25) is 0 Å². The average molecular weight is 609 g/mol. The fourth-order valence-corrected chi connectivity index (χ4v) is 7.23. The fraction of sp³-hybridized carbons (Fsp3) is 0.500. The second-order valence-corrected chi connectivity index (χ2v) is 13.4. The molecule has 3 aromatic rings. The van der Waals surface area contributed by atoms with Gasteiger partial charge in [0.05, 0.1) is 6.42 Å². The van der Waals surface area contributed by atoms with Crippen molar-refractivity contribution in [1.82, 2.24) is 0 Å².